The van der Waals surface area contributed by atoms with Crippen molar-refractivity contribution in [2.24, 2.45) is 0 Å². The van der Waals surface area contributed by atoms with Crippen LogP contribution in [0.1, 0.15) is 35.4 Å². The summed E-state index contributed by atoms with van der Waals surface area (Å²) in [5.74, 6) is -1.24. The van der Waals surface area contributed by atoms with Gasteiger partial charge in [-0.15, -0.1) is 0 Å². The number of ether oxygens (including phenoxy) is 2. The highest BCUT2D eigenvalue weighted by molar-refractivity contribution is 5.90. The number of nitrogens with zero attached hydrogens (tertiary/aromatic N) is 2. The van der Waals surface area contributed by atoms with E-state index in [1.807, 2.05) is 36.4 Å². The molecule has 5 rings (SSSR count). The van der Waals surface area contributed by atoms with Gasteiger partial charge in [0.2, 0.25) is 5.91 Å². The van der Waals surface area contributed by atoms with Gasteiger partial charge in [-0.2, -0.15) is 0 Å². The second-order valence-electron chi connectivity index (χ2n) is 9.87. The van der Waals surface area contributed by atoms with Crippen molar-refractivity contribution in [2.45, 2.75) is 37.3 Å². The summed E-state index contributed by atoms with van der Waals surface area (Å²) in [6.07, 6.45) is 0.549. The summed E-state index contributed by atoms with van der Waals surface area (Å²) in [7, 11) is 1.22. The minimum absolute atomic E-state index is 0.0768. The lowest BCUT2D eigenvalue weighted by atomic mass is 9.98. The number of carbonyl (C=O) groups excluding carboxylic acids is 3. The number of hydrogen-bond donors (Lipinski definition) is 1. The number of nitrogens with one attached hydrogen (secondary N) is 1. The molecule has 1 heterocycles. The number of carbonyl (C=O) groups is 3. The van der Waals surface area contributed by atoms with Gasteiger partial charge in [0.15, 0.2) is 0 Å². The van der Waals surface area contributed by atoms with Crippen LogP contribution in [0.5, 0.6) is 0 Å². The van der Waals surface area contributed by atoms with E-state index in [4.69, 9.17) is 9.47 Å². The smallest absolute Gasteiger partial charge is 0.410 e. The zero-order valence-electron chi connectivity index (χ0n) is 21.9. The number of amides is 2. The van der Waals surface area contributed by atoms with Gasteiger partial charge in [-0.3, -0.25) is 19.8 Å². The lowest BCUT2D eigenvalue weighted by molar-refractivity contribution is -0.384. The molecule has 1 N–H and O–H groups in total. The van der Waals surface area contributed by atoms with Crippen molar-refractivity contribution in [3.8, 4) is 11.1 Å². The number of methoxy groups -OCH3 is 1. The number of likely N-dealkylation sites (tertiary alicyclic amines) is 1. The number of nitro benzene ring substituents is 1. The van der Waals surface area contributed by atoms with Crippen LogP contribution >= 0.6 is 0 Å². The standard InChI is InChI=1S/C30H29N3O7/c1-39-29(35)26(17-19-12-14-20(15-13-19)33(37)38)31-28(34)27-11-6-16-32(27)30(36)40-18-25-23-9-4-2-7-21(23)22-8-3-5-10-24(22)25/h2-5,7-10,12-15,25-27H,6,11,16-18H2,1H3,(H,31,34). The van der Waals surface area contributed by atoms with Gasteiger partial charge in [0.1, 0.15) is 18.7 Å². The molecule has 3 aromatic carbocycles. The number of benzene rings is 3. The van der Waals surface area contributed by atoms with Gasteiger partial charge in [-0.05, 0) is 40.7 Å². The molecule has 0 aromatic heterocycles. The molecular formula is C30H29N3O7. The Labute approximate surface area is 231 Å². The Balaban J connectivity index is 1.24. The molecule has 3 aromatic rings. The number of nitro groups is 1. The Morgan fingerprint density at radius 3 is 2.23 bits per heavy atom. The maximum atomic E-state index is 13.3. The van der Waals surface area contributed by atoms with Crippen LogP contribution in [0.2, 0.25) is 0 Å². The second kappa shape index (κ2) is 11.6. The molecule has 1 fully saturated rings. The molecule has 10 heteroatoms. The number of rotatable bonds is 8. The highest BCUT2D eigenvalue weighted by Gasteiger charge is 2.38. The molecule has 2 atom stereocenters. The Morgan fingerprint density at radius 2 is 1.62 bits per heavy atom. The fourth-order valence-corrected chi connectivity index (χ4v) is 5.53. The molecule has 1 saturated heterocycles. The van der Waals surface area contributed by atoms with Crippen molar-refractivity contribution in [2.75, 3.05) is 20.3 Å². The molecule has 1 aliphatic carbocycles. The van der Waals surface area contributed by atoms with Gasteiger partial charge in [0, 0.05) is 31.0 Å². The van der Waals surface area contributed by atoms with E-state index in [0.29, 0.717) is 24.9 Å². The van der Waals surface area contributed by atoms with Crippen LogP contribution in [0.15, 0.2) is 72.8 Å². The third kappa shape index (κ3) is 5.38. The first-order valence-electron chi connectivity index (χ1n) is 13.1. The Morgan fingerprint density at radius 1 is 1.00 bits per heavy atom. The van der Waals surface area contributed by atoms with Crippen LogP contribution in [-0.4, -0.2) is 60.1 Å². The summed E-state index contributed by atoms with van der Waals surface area (Å²) in [4.78, 5) is 50.7. The minimum atomic E-state index is -1.02. The van der Waals surface area contributed by atoms with Gasteiger partial charge in [0.25, 0.3) is 5.69 Å². The van der Waals surface area contributed by atoms with Crippen LogP contribution in [0, 0.1) is 10.1 Å². The van der Waals surface area contributed by atoms with Gasteiger partial charge in [0.05, 0.1) is 12.0 Å². The third-order valence-corrected chi connectivity index (χ3v) is 7.52. The molecule has 0 radical (unpaired) electrons. The van der Waals surface area contributed by atoms with E-state index in [9.17, 15) is 24.5 Å². The third-order valence-electron chi connectivity index (χ3n) is 7.52. The molecule has 2 amide bonds. The second-order valence-corrected chi connectivity index (χ2v) is 9.87. The zero-order valence-corrected chi connectivity index (χ0v) is 21.9. The zero-order chi connectivity index (χ0) is 28.2. The van der Waals surface area contributed by atoms with E-state index in [-0.39, 0.29) is 24.6 Å². The van der Waals surface area contributed by atoms with Crippen LogP contribution in [-0.2, 0) is 25.5 Å². The molecule has 1 aliphatic heterocycles. The monoisotopic (exact) mass is 543 g/mol. The Kier molecular flexibility index (Phi) is 7.77. The number of esters is 1. The lowest BCUT2D eigenvalue weighted by Gasteiger charge is -2.26. The van der Waals surface area contributed by atoms with Crippen molar-refractivity contribution in [1.29, 1.82) is 0 Å². The first kappa shape index (κ1) is 26.9. The number of non-ortho nitro benzene ring substituents is 1. The van der Waals surface area contributed by atoms with E-state index >= 15 is 0 Å². The van der Waals surface area contributed by atoms with E-state index < -0.39 is 35.0 Å². The first-order chi connectivity index (χ1) is 19.4. The minimum Gasteiger partial charge on any atom is -0.467 e. The molecule has 40 heavy (non-hydrogen) atoms. The van der Waals surface area contributed by atoms with E-state index in [1.165, 1.54) is 36.3 Å². The van der Waals surface area contributed by atoms with Crippen molar-refractivity contribution in [3.05, 3.63) is 99.6 Å². The lowest BCUT2D eigenvalue weighted by Crippen LogP contribution is -2.52. The number of hydrogen-bond acceptors (Lipinski definition) is 7. The molecule has 0 saturated carbocycles. The Hall–Kier alpha value is -4.73. The molecule has 0 spiro atoms. The quantitative estimate of drug-likeness (QED) is 0.256. The van der Waals surface area contributed by atoms with Crippen molar-refractivity contribution >= 4 is 23.7 Å². The van der Waals surface area contributed by atoms with Crippen LogP contribution in [0.4, 0.5) is 10.5 Å². The summed E-state index contributed by atoms with van der Waals surface area (Å²) in [6, 6.07) is 20.0. The van der Waals surface area contributed by atoms with Gasteiger partial charge < -0.3 is 14.8 Å². The van der Waals surface area contributed by atoms with Crippen molar-refractivity contribution in [1.82, 2.24) is 10.2 Å². The average molecular weight is 544 g/mol. The first-order valence-corrected chi connectivity index (χ1v) is 13.1. The summed E-state index contributed by atoms with van der Waals surface area (Å²) >= 11 is 0. The predicted molar refractivity (Wildman–Crippen MR) is 146 cm³/mol. The predicted octanol–water partition coefficient (Wildman–Crippen LogP) is 4.21. The molecule has 0 bridgehead atoms. The summed E-state index contributed by atoms with van der Waals surface area (Å²) in [6.45, 7) is 0.503. The highest BCUT2D eigenvalue weighted by atomic mass is 16.6. The molecular weight excluding hydrogens is 514 g/mol. The summed E-state index contributed by atoms with van der Waals surface area (Å²) in [5, 5.41) is 13.6. The van der Waals surface area contributed by atoms with Gasteiger partial charge in [-0.1, -0.05) is 60.7 Å². The topological polar surface area (TPSA) is 128 Å². The SMILES string of the molecule is COC(=O)C(Cc1ccc([N+](=O)[O-])cc1)NC(=O)C1CCCN1C(=O)OCC1c2ccccc2-c2ccccc21. The van der Waals surface area contributed by atoms with Gasteiger partial charge >= 0.3 is 12.1 Å². The maximum absolute atomic E-state index is 13.3. The van der Waals surface area contributed by atoms with Crippen molar-refractivity contribution in [3.63, 3.8) is 0 Å². The molecule has 2 unspecified atom stereocenters. The maximum Gasteiger partial charge on any atom is 0.410 e. The van der Waals surface area contributed by atoms with Crippen LogP contribution < -0.4 is 5.32 Å². The molecule has 10 nitrogen and oxygen atoms in total. The van der Waals surface area contributed by atoms with Crippen molar-refractivity contribution < 1.29 is 28.8 Å². The van der Waals surface area contributed by atoms with Crippen LogP contribution in [0.25, 0.3) is 11.1 Å². The van der Waals surface area contributed by atoms with Crippen LogP contribution in [0.3, 0.4) is 0 Å². The average Bonchev–Trinajstić information content (AvgIpc) is 3.59. The highest BCUT2D eigenvalue weighted by Crippen LogP contribution is 2.44. The Bertz CT molecular complexity index is 1390. The van der Waals surface area contributed by atoms with E-state index in [1.54, 1.807) is 0 Å². The van der Waals surface area contributed by atoms with E-state index in [0.717, 1.165) is 22.3 Å². The number of fused-ring (bicyclic) bond motifs is 3. The summed E-state index contributed by atoms with van der Waals surface area (Å²) in [5.41, 5.74) is 4.98. The summed E-state index contributed by atoms with van der Waals surface area (Å²) < 4.78 is 10.6. The molecule has 2 aliphatic rings. The largest absolute Gasteiger partial charge is 0.467 e. The van der Waals surface area contributed by atoms with Gasteiger partial charge in [-0.25, -0.2) is 9.59 Å². The van der Waals surface area contributed by atoms with E-state index in [2.05, 4.69) is 17.4 Å². The fourth-order valence-electron chi connectivity index (χ4n) is 5.53. The fraction of sp³-hybridized carbons (Fsp3) is 0.300. The normalized spacial score (nSPS) is 16.5. The molecule has 206 valence electrons.